The predicted molar refractivity (Wildman–Crippen MR) is 51.5 cm³/mol. The van der Waals surface area contributed by atoms with Gasteiger partial charge >= 0.3 is 0 Å². The topological polar surface area (TPSA) is 40.5 Å². The van der Waals surface area contributed by atoms with E-state index < -0.39 is 0 Å². The molecular weight excluding hydrogens is 166 g/mol. The lowest BCUT2D eigenvalue weighted by Gasteiger charge is -2.14. The molecule has 0 radical (unpaired) electrons. The summed E-state index contributed by atoms with van der Waals surface area (Å²) in [4.78, 5) is 13.8. The molecule has 1 heterocycles. The van der Waals surface area contributed by atoms with Gasteiger partial charge in [-0.15, -0.1) is 0 Å². The number of carbonyl (C=O) groups excluding carboxylic acids is 1. The van der Waals surface area contributed by atoms with Gasteiger partial charge in [0.2, 0.25) is 0 Å². The lowest BCUT2D eigenvalue weighted by atomic mass is 9.95. The molecular formula is C10H19NO2. The van der Waals surface area contributed by atoms with Crippen LogP contribution in [0, 0.1) is 11.8 Å². The summed E-state index contributed by atoms with van der Waals surface area (Å²) in [6.45, 7) is 6.62. The van der Waals surface area contributed by atoms with Crippen LogP contribution in [-0.2, 0) is 4.79 Å². The van der Waals surface area contributed by atoms with E-state index in [1.165, 1.54) is 0 Å². The van der Waals surface area contributed by atoms with Gasteiger partial charge in [0.15, 0.2) is 0 Å². The minimum atomic E-state index is 0.152. The standard InChI is InChI=1S/C10H19NO2/c1-8(2)10(13)9-3-4-11(7-9)5-6-12/h8-9,12H,3-7H2,1-2H3. The van der Waals surface area contributed by atoms with Gasteiger partial charge in [-0.05, 0) is 13.0 Å². The molecule has 0 saturated carbocycles. The first-order valence-electron chi connectivity index (χ1n) is 5.02. The number of β-amino-alcohol motifs (C(OH)–C–C–N with tert-alkyl or cyclic N) is 1. The van der Waals surface area contributed by atoms with Crippen molar-refractivity contribution in [2.24, 2.45) is 11.8 Å². The molecule has 3 heteroatoms. The molecule has 0 aliphatic carbocycles. The van der Waals surface area contributed by atoms with Gasteiger partial charge < -0.3 is 10.0 Å². The molecule has 76 valence electrons. The van der Waals surface area contributed by atoms with Crippen molar-refractivity contribution in [3.8, 4) is 0 Å². The van der Waals surface area contributed by atoms with Crippen LogP contribution in [0.3, 0.4) is 0 Å². The molecule has 1 atom stereocenters. The minimum Gasteiger partial charge on any atom is -0.395 e. The summed E-state index contributed by atoms with van der Waals surface area (Å²) >= 11 is 0. The maximum atomic E-state index is 11.6. The number of likely N-dealkylation sites (tertiary alicyclic amines) is 1. The molecule has 0 aromatic rings. The second-order valence-corrected chi connectivity index (χ2v) is 4.07. The predicted octanol–water partition coefficient (Wildman–Crippen LogP) is 0.526. The van der Waals surface area contributed by atoms with Crippen LogP contribution in [0.25, 0.3) is 0 Å². The molecule has 1 saturated heterocycles. The summed E-state index contributed by atoms with van der Waals surface area (Å²) in [7, 11) is 0. The molecule has 1 aliphatic rings. The van der Waals surface area contributed by atoms with Gasteiger partial charge in [0, 0.05) is 24.9 Å². The summed E-state index contributed by atoms with van der Waals surface area (Å²) in [6.07, 6.45) is 0.969. The minimum absolute atomic E-state index is 0.152. The Morgan fingerprint density at radius 2 is 2.31 bits per heavy atom. The zero-order valence-corrected chi connectivity index (χ0v) is 8.49. The average molecular weight is 185 g/mol. The molecule has 0 spiro atoms. The van der Waals surface area contributed by atoms with Crippen molar-refractivity contribution in [3.05, 3.63) is 0 Å². The highest BCUT2D eigenvalue weighted by Gasteiger charge is 2.28. The first-order chi connectivity index (χ1) is 6.15. The van der Waals surface area contributed by atoms with Crippen molar-refractivity contribution in [2.45, 2.75) is 20.3 Å². The molecule has 3 nitrogen and oxygen atoms in total. The number of hydrogen-bond acceptors (Lipinski definition) is 3. The quantitative estimate of drug-likeness (QED) is 0.694. The van der Waals surface area contributed by atoms with Gasteiger partial charge in [-0.3, -0.25) is 4.79 Å². The smallest absolute Gasteiger partial charge is 0.139 e. The third kappa shape index (κ3) is 2.78. The number of rotatable bonds is 4. The summed E-state index contributed by atoms with van der Waals surface area (Å²) in [5.41, 5.74) is 0. The summed E-state index contributed by atoms with van der Waals surface area (Å²) < 4.78 is 0. The van der Waals surface area contributed by atoms with Gasteiger partial charge in [0.25, 0.3) is 0 Å². The van der Waals surface area contributed by atoms with E-state index in [-0.39, 0.29) is 18.4 Å². The van der Waals surface area contributed by atoms with Gasteiger partial charge in [0.1, 0.15) is 5.78 Å². The van der Waals surface area contributed by atoms with Crippen molar-refractivity contribution in [2.75, 3.05) is 26.2 Å². The molecule has 13 heavy (non-hydrogen) atoms. The van der Waals surface area contributed by atoms with Crippen LogP contribution in [0.15, 0.2) is 0 Å². The largest absolute Gasteiger partial charge is 0.395 e. The number of aliphatic hydroxyl groups excluding tert-OH is 1. The van der Waals surface area contributed by atoms with Gasteiger partial charge in [-0.25, -0.2) is 0 Å². The average Bonchev–Trinajstić information content (AvgIpc) is 2.52. The number of aliphatic hydroxyl groups is 1. The zero-order chi connectivity index (χ0) is 9.84. The van der Waals surface area contributed by atoms with Crippen molar-refractivity contribution in [1.29, 1.82) is 0 Å². The molecule has 0 aromatic heterocycles. The number of ketones is 1. The first-order valence-corrected chi connectivity index (χ1v) is 5.02. The van der Waals surface area contributed by atoms with Crippen LogP contribution in [0.1, 0.15) is 20.3 Å². The second kappa shape index (κ2) is 4.72. The van der Waals surface area contributed by atoms with Crippen LogP contribution in [0.4, 0.5) is 0 Å². The number of nitrogens with zero attached hydrogens (tertiary/aromatic N) is 1. The van der Waals surface area contributed by atoms with E-state index in [0.717, 1.165) is 19.5 Å². The Labute approximate surface area is 79.7 Å². The Balaban J connectivity index is 2.36. The Kier molecular flexibility index (Phi) is 3.88. The lowest BCUT2D eigenvalue weighted by Crippen LogP contribution is -2.27. The molecule has 1 unspecified atom stereocenters. The maximum absolute atomic E-state index is 11.6. The van der Waals surface area contributed by atoms with E-state index in [1.807, 2.05) is 13.8 Å². The van der Waals surface area contributed by atoms with Crippen LogP contribution in [-0.4, -0.2) is 42.0 Å². The van der Waals surface area contributed by atoms with Crippen LogP contribution < -0.4 is 0 Å². The van der Waals surface area contributed by atoms with Crippen LogP contribution in [0.5, 0.6) is 0 Å². The van der Waals surface area contributed by atoms with Gasteiger partial charge in [-0.1, -0.05) is 13.8 Å². The highest BCUT2D eigenvalue weighted by molar-refractivity contribution is 5.83. The van der Waals surface area contributed by atoms with E-state index in [1.54, 1.807) is 0 Å². The summed E-state index contributed by atoms with van der Waals surface area (Å²) in [5.74, 6) is 0.742. The molecule has 1 rings (SSSR count). The Hall–Kier alpha value is -0.410. The highest BCUT2D eigenvalue weighted by atomic mass is 16.3. The number of hydrogen-bond donors (Lipinski definition) is 1. The molecule has 1 N–H and O–H groups in total. The number of Topliss-reactive ketones (excluding diaryl/α,β-unsaturated/α-hetero) is 1. The maximum Gasteiger partial charge on any atom is 0.139 e. The zero-order valence-electron chi connectivity index (χ0n) is 8.49. The van der Waals surface area contributed by atoms with E-state index in [4.69, 9.17) is 5.11 Å². The monoisotopic (exact) mass is 185 g/mol. The lowest BCUT2D eigenvalue weighted by molar-refractivity contribution is -0.125. The Morgan fingerprint density at radius 1 is 1.62 bits per heavy atom. The van der Waals surface area contributed by atoms with Crippen molar-refractivity contribution < 1.29 is 9.90 Å². The van der Waals surface area contributed by atoms with Gasteiger partial charge in [-0.2, -0.15) is 0 Å². The SMILES string of the molecule is CC(C)C(=O)C1CCN(CCO)C1. The first kappa shape index (κ1) is 10.7. The fourth-order valence-corrected chi connectivity index (χ4v) is 1.88. The van der Waals surface area contributed by atoms with Crippen molar-refractivity contribution in [3.63, 3.8) is 0 Å². The fourth-order valence-electron chi connectivity index (χ4n) is 1.88. The molecule has 1 fully saturated rings. The summed E-state index contributed by atoms with van der Waals surface area (Å²) in [6, 6.07) is 0. The molecule has 0 amide bonds. The van der Waals surface area contributed by atoms with E-state index in [9.17, 15) is 4.79 Å². The molecule has 1 aliphatic heterocycles. The number of carbonyl (C=O) groups is 1. The Bertz CT molecular complexity index is 180. The van der Waals surface area contributed by atoms with E-state index in [2.05, 4.69) is 4.90 Å². The van der Waals surface area contributed by atoms with Crippen LogP contribution in [0.2, 0.25) is 0 Å². The van der Waals surface area contributed by atoms with E-state index >= 15 is 0 Å². The van der Waals surface area contributed by atoms with Crippen molar-refractivity contribution >= 4 is 5.78 Å². The van der Waals surface area contributed by atoms with E-state index in [0.29, 0.717) is 12.3 Å². The van der Waals surface area contributed by atoms with Crippen LogP contribution >= 0.6 is 0 Å². The molecule has 0 bridgehead atoms. The fraction of sp³-hybridized carbons (Fsp3) is 0.900. The third-order valence-corrected chi connectivity index (χ3v) is 2.66. The molecule has 0 aromatic carbocycles. The van der Waals surface area contributed by atoms with Crippen molar-refractivity contribution in [1.82, 2.24) is 4.90 Å². The summed E-state index contributed by atoms with van der Waals surface area (Å²) in [5, 5.41) is 8.73. The third-order valence-electron chi connectivity index (χ3n) is 2.66. The van der Waals surface area contributed by atoms with Gasteiger partial charge in [0.05, 0.1) is 6.61 Å². The normalized spacial score (nSPS) is 24.2. The highest BCUT2D eigenvalue weighted by Crippen LogP contribution is 2.19. The Morgan fingerprint density at radius 3 is 2.85 bits per heavy atom. The second-order valence-electron chi connectivity index (χ2n) is 4.07.